The zero-order valence-electron chi connectivity index (χ0n) is 25.2. The van der Waals surface area contributed by atoms with Crippen LogP contribution in [0.15, 0.2) is 67.0 Å². The zero-order chi connectivity index (χ0) is 30.8. The van der Waals surface area contributed by atoms with Crippen LogP contribution in [0.25, 0.3) is 0 Å². The van der Waals surface area contributed by atoms with Crippen molar-refractivity contribution in [2.45, 2.75) is 44.7 Å². The van der Waals surface area contributed by atoms with E-state index in [0.717, 1.165) is 29.7 Å². The molecule has 10 nitrogen and oxygen atoms in total. The number of anilines is 1. The number of likely N-dealkylation sites (tertiary alicyclic amines) is 1. The summed E-state index contributed by atoms with van der Waals surface area (Å²) in [6, 6.07) is 16.6. The van der Waals surface area contributed by atoms with Crippen LogP contribution in [0.5, 0.6) is 11.5 Å². The second kappa shape index (κ2) is 12.7. The standard InChI is InChI=1S/C34H38N4O6/c1-3-4-15-38(25-9-7-14-35(2)19-25)31(39)21-37-20-27(23-11-12-29-30(17-23)44-22-43-29)32(34(41)42)28(37)13-16-36-18-24-8-5-6-10-26(24)33(36)40/h5-12,14,17,19,27-28,32H,3-4,13,15-16,18,20-22H2,1-2H3/p+1/t27-,28+,32?/m1/s1. The number of nitrogens with zero attached hydrogens (tertiary/aromatic N) is 4. The van der Waals surface area contributed by atoms with E-state index in [1.807, 2.05) is 88.4 Å². The monoisotopic (exact) mass is 599 g/mol. The number of fused-ring (bicyclic) bond motifs is 2. The highest BCUT2D eigenvalue weighted by Crippen LogP contribution is 2.43. The molecule has 1 N–H and O–H groups in total. The van der Waals surface area contributed by atoms with E-state index < -0.39 is 17.9 Å². The first-order valence-corrected chi connectivity index (χ1v) is 15.3. The van der Waals surface area contributed by atoms with Gasteiger partial charge in [0.15, 0.2) is 23.9 Å². The first-order valence-electron chi connectivity index (χ1n) is 15.3. The minimum Gasteiger partial charge on any atom is -0.481 e. The van der Waals surface area contributed by atoms with E-state index in [9.17, 15) is 19.5 Å². The summed E-state index contributed by atoms with van der Waals surface area (Å²) in [7, 11) is 1.92. The fraction of sp³-hybridized carbons (Fsp3) is 0.412. The van der Waals surface area contributed by atoms with E-state index in [2.05, 4.69) is 6.92 Å². The number of rotatable bonds is 11. The molecule has 1 aromatic heterocycles. The van der Waals surface area contributed by atoms with Crippen molar-refractivity contribution in [3.8, 4) is 11.5 Å². The molecule has 3 aliphatic rings. The van der Waals surface area contributed by atoms with Crippen LogP contribution >= 0.6 is 0 Å². The third-order valence-electron chi connectivity index (χ3n) is 9.06. The quantitative estimate of drug-likeness (QED) is 0.336. The maximum atomic E-state index is 14.0. The number of aliphatic carboxylic acids is 1. The molecule has 0 spiro atoms. The number of amides is 2. The van der Waals surface area contributed by atoms with Crippen LogP contribution in [0.1, 0.15) is 53.6 Å². The fourth-order valence-electron chi connectivity index (χ4n) is 6.82. The average molecular weight is 600 g/mol. The minimum absolute atomic E-state index is 0.0388. The molecule has 1 unspecified atom stereocenters. The van der Waals surface area contributed by atoms with Crippen molar-refractivity contribution in [2.24, 2.45) is 13.0 Å². The maximum absolute atomic E-state index is 14.0. The van der Waals surface area contributed by atoms with Crippen LogP contribution in [0.3, 0.4) is 0 Å². The Hall–Kier alpha value is -4.44. The van der Waals surface area contributed by atoms with Gasteiger partial charge in [0.05, 0.1) is 12.5 Å². The first kappa shape index (κ1) is 29.6. The van der Waals surface area contributed by atoms with Gasteiger partial charge in [-0.3, -0.25) is 19.3 Å². The molecule has 3 aromatic rings. The molecule has 2 aromatic carbocycles. The van der Waals surface area contributed by atoms with Gasteiger partial charge in [-0.15, -0.1) is 0 Å². The van der Waals surface area contributed by atoms with Crippen molar-refractivity contribution >= 4 is 23.5 Å². The summed E-state index contributed by atoms with van der Waals surface area (Å²) < 4.78 is 13.0. The molecule has 230 valence electrons. The third kappa shape index (κ3) is 5.86. The number of carbonyl (C=O) groups excluding carboxylic acids is 2. The van der Waals surface area contributed by atoms with E-state index in [4.69, 9.17) is 9.47 Å². The van der Waals surface area contributed by atoms with Crippen LogP contribution in [0, 0.1) is 5.92 Å². The number of carboxylic acid groups (broad SMARTS) is 1. The lowest BCUT2D eigenvalue weighted by Crippen LogP contribution is -2.46. The number of hydrogen-bond donors (Lipinski definition) is 1. The SMILES string of the molecule is CCCCN(C(=O)CN1C[C@H](c2ccc3c(c2)OCO3)C(C(=O)O)[C@@H]1CCN1Cc2ccccc2C1=O)c1ccc[n+](C)c1. The van der Waals surface area contributed by atoms with Crippen molar-refractivity contribution in [2.75, 3.05) is 37.9 Å². The number of hydrogen-bond acceptors (Lipinski definition) is 6. The van der Waals surface area contributed by atoms with E-state index in [0.29, 0.717) is 49.7 Å². The predicted molar refractivity (Wildman–Crippen MR) is 162 cm³/mol. The minimum atomic E-state index is -0.915. The highest BCUT2D eigenvalue weighted by molar-refractivity contribution is 5.98. The fourth-order valence-corrected chi connectivity index (χ4v) is 6.82. The van der Waals surface area contributed by atoms with Crippen LogP contribution in [-0.4, -0.2) is 71.7 Å². The Morgan fingerprint density at radius 1 is 1.09 bits per heavy atom. The molecule has 4 heterocycles. The molecule has 6 rings (SSSR count). The molecular weight excluding hydrogens is 560 g/mol. The summed E-state index contributed by atoms with van der Waals surface area (Å²) >= 11 is 0. The Labute approximate surface area is 257 Å². The van der Waals surface area contributed by atoms with Gasteiger partial charge in [0.2, 0.25) is 12.7 Å². The summed E-state index contributed by atoms with van der Waals surface area (Å²) in [5, 5.41) is 10.6. The molecule has 0 aliphatic carbocycles. The molecule has 3 atom stereocenters. The Morgan fingerprint density at radius 2 is 1.91 bits per heavy atom. The molecule has 1 fully saturated rings. The van der Waals surface area contributed by atoms with Gasteiger partial charge in [0, 0.05) is 49.8 Å². The number of aryl methyl sites for hydroxylation is 1. The molecule has 0 saturated carbocycles. The zero-order valence-corrected chi connectivity index (χ0v) is 25.2. The normalized spacial score (nSPS) is 20.6. The van der Waals surface area contributed by atoms with E-state index in [-0.39, 0.29) is 31.1 Å². The van der Waals surface area contributed by atoms with Gasteiger partial charge in [-0.1, -0.05) is 37.6 Å². The summed E-state index contributed by atoms with van der Waals surface area (Å²) in [6.07, 6.45) is 6.08. The molecule has 0 bridgehead atoms. The molecule has 2 amide bonds. The predicted octanol–water partition coefficient (Wildman–Crippen LogP) is 3.59. The van der Waals surface area contributed by atoms with Gasteiger partial charge in [0.25, 0.3) is 5.91 Å². The number of aromatic nitrogens is 1. The van der Waals surface area contributed by atoms with Crippen molar-refractivity contribution in [1.29, 1.82) is 0 Å². The summed E-state index contributed by atoms with van der Waals surface area (Å²) in [6.45, 7) is 4.17. The van der Waals surface area contributed by atoms with Crippen molar-refractivity contribution in [3.63, 3.8) is 0 Å². The number of benzene rings is 2. The molecule has 10 heteroatoms. The second-order valence-electron chi connectivity index (χ2n) is 11.9. The van der Waals surface area contributed by atoms with Crippen LogP contribution in [0.2, 0.25) is 0 Å². The topological polar surface area (TPSA) is 104 Å². The van der Waals surface area contributed by atoms with Gasteiger partial charge < -0.3 is 24.4 Å². The van der Waals surface area contributed by atoms with Crippen molar-refractivity contribution in [1.82, 2.24) is 9.80 Å². The van der Waals surface area contributed by atoms with E-state index >= 15 is 0 Å². The summed E-state index contributed by atoms with van der Waals surface area (Å²) in [5.41, 5.74) is 3.32. The Bertz CT molecular complexity index is 1560. The largest absolute Gasteiger partial charge is 0.481 e. The lowest BCUT2D eigenvalue weighted by Gasteiger charge is -2.30. The lowest BCUT2D eigenvalue weighted by molar-refractivity contribution is -0.670. The van der Waals surface area contributed by atoms with Gasteiger partial charge in [-0.05, 0) is 48.2 Å². The lowest BCUT2D eigenvalue weighted by atomic mass is 9.84. The highest BCUT2D eigenvalue weighted by Gasteiger charge is 2.48. The molecular formula is C34H39N4O6+. The Kier molecular flexibility index (Phi) is 8.52. The first-order chi connectivity index (χ1) is 21.3. The molecule has 3 aliphatic heterocycles. The summed E-state index contributed by atoms with van der Waals surface area (Å²) in [5.74, 6) is -0.941. The highest BCUT2D eigenvalue weighted by atomic mass is 16.7. The Morgan fingerprint density at radius 3 is 2.68 bits per heavy atom. The molecule has 44 heavy (non-hydrogen) atoms. The number of pyridine rings is 1. The number of carbonyl (C=O) groups is 3. The van der Waals surface area contributed by atoms with Gasteiger partial charge in [-0.25, -0.2) is 4.57 Å². The van der Waals surface area contributed by atoms with Crippen LogP contribution in [0.4, 0.5) is 5.69 Å². The van der Waals surface area contributed by atoms with Gasteiger partial charge in [0.1, 0.15) is 12.7 Å². The Balaban J connectivity index is 1.28. The number of ether oxygens (including phenoxy) is 2. The third-order valence-corrected chi connectivity index (χ3v) is 9.06. The smallest absolute Gasteiger partial charge is 0.308 e. The van der Waals surface area contributed by atoms with Crippen molar-refractivity contribution < 1.29 is 33.5 Å². The van der Waals surface area contributed by atoms with Crippen LogP contribution in [-0.2, 0) is 23.2 Å². The number of unbranched alkanes of at least 4 members (excludes halogenated alkanes) is 1. The van der Waals surface area contributed by atoms with E-state index in [1.54, 1.807) is 4.90 Å². The summed E-state index contributed by atoms with van der Waals surface area (Å²) in [4.78, 5) is 45.8. The molecule has 0 radical (unpaired) electrons. The van der Waals surface area contributed by atoms with Crippen molar-refractivity contribution in [3.05, 3.63) is 83.7 Å². The van der Waals surface area contributed by atoms with E-state index in [1.165, 1.54) is 0 Å². The maximum Gasteiger partial charge on any atom is 0.308 e. The molecule has 1 saturated heterocycles. The second-order valence-corrected chi connectivity index (χ2v) is 11.9. The van der Waals surface area contributed by atoms with Gasteiger partial charge >= 0.3 is 5.97 Å². The average Bonchev–Trinajstić information content (AvgIpc) is 3.71. The van der Waals surface area contributed by atoms with Crippen LogP contribution < -0.4 is 18.9 Å². The van der Waals surface area contributed by atoms with Gasteiger partial charge in [-0.2, -0.15) is 0 Å². The number of carboxylic acids is 1.